The summed E-state index contributed by atoms with van der Waals surface area (Å²) in [5.41, 5.74) is 3.37. The standard InChI is InChI=1S/C20H28O3/c1-13-6-5-11-20(4)18(23-20)10-8-14(2)12-17-16(9-7-13)15(3)19(21)22-17/h6,12,16-18H,3,5,7-11H2,1-2,4H3/b13-6+,14-12+/t16-,17-,18-,20?/m0/s1. The van der Waals surface area contributed by atoms with Gasteiger partial charge >= 0.3 is 5.97 Å². The van der Waals surface area contributed by atoms with Gasteiger partial charge in [0.1, 0.15) is 6.10 Å². The Kier molecular flexibility index (Phi) is 4.50. The second kappa shape index (κ2) is 6.27. The maximum Gasteiger partial charge on any atom is 0.334 e. The summed E-state index contributed by atoms with van der Waals surface area (Å²) in [6.45, 7) is 10.5. The molecular formula is C20H28O3. The van der Waals surface area contributed by atoms with Gasteiger partial charge in [-0.1, -0.05) is 23.8 Å². The molecule has 2 heterocycles. The lowest BCUT2D eigenvalue weighted by atomic mass is 9.88. The molecule has 0 aromatic rings. The van der Waals surface area contributed by atoms with Gasteiger partial charge in [0.05, 0.1) is 11.7 Å². The highest BCUT2D eigenvalue weighted by Crippen LogP contribution is 2.44. The van der Waals surface area contributed by atoms with Gasteiger partial charge < -0.3 is 9.47 Å². The average molecular weight is 316 g/mol. The number of rotatable bonds is 0. The van der Waals surface area contributed by atoms with Crippen LogP contribution in [0.25, 0.3) is 0 Å². The number of fused-ring (bicyclic) bond motifs is 2. The van der Waals surface area contributed by atoms with E-state index in [0.717, 1.165) is 38.5 Å². The van der Waals surface area contributed by atoms with Crippen LogP contribution < -0.4 is 0 Å². The van der Waals surface area contributed by atoms with Gasteiger partial charge in [-0.15, -0.1) is 0 Å². The molecule has 126 valence electrons. The lowest BCUT2D eigenvalue weighted by Crippen LogP contribution is -2.15. The highest BCUT2D eigenvalue weighted by atomic mass is 16.6. The van der Waals surface area contributed by atoms with Crippen LogP contribution in [-0.2, 0) is 14.3 Å². The van der Waals surface area contributed by atoms with Crippen molar-refractivity contribution in [2.24, 2.45) is 5.92 Å². The fraction of sp³-hybridized carbons (Fsp3) is 0.650. The Morgan fingerprint density at radius 3 is 2.74 bits per heavy atom. The third kappa shape index (κ3) is 3.60. The van der Waals surface area contributed by atoms with Crippen LogP contribution in [0.3, 0.4) is 0 Å². The molecule has 0 amide bonds. The Hall–Kier alpha value is -1.35. The van der Waals surface area contributed by atoms with Gasteiger partial charge in [-0.3, -0.25) is 0 Å². The molecule has 3 rings (SSSR count). The maximum atomic E-state index is 11.9. The minimum Gasteiger partial charge on any atom is -0.454 e. The van der Waals surface area contributed by atoms with Crippen molar-refractivity contribution in [1.82, 2.24) is 0 Å². The Balaban J connectivity index is 1.77. The maximum absolute atomic E-state index is 11.9. The van der Waals surface area contributed by atoms with Crippen LogP contribution in [0, 0.1) is 5.92 Å². The SMILES string of the molecule is C=C1C(=O)O[C@H]2/C=C(\C)CC[C@@H]3OC3(C)CC/C=C(\C)CC[C@@H]12. The van der Waals surface area contributed by atoms with Crippen LogP contribution in [0.1, 0.15) is 59.3 Å². The summed E-state index contributed by atoms with van der Waals surface area (Å²) >= 11 is 0. The molecule has 23 heavy (non-hydrogen) atoms. The summed E-state index contributed by atoms with van der Waals surface area (Å²) in [4.78, 5) is 11.9. The molecule has 2 aliphatic heterocycles. The lowest BCUT2D eigenvalue weighted by molar-refractivity contribution is -0.137. The fourth-order valence-electron chi connectivity index (χ4n) is 3.81. The molecule has 2 saturated heterocycles. The second-order valence-electron chi connectivity index (χ2n) is 7.60. The van der Waals surface area contributed by atoms with E-state index in [1.165, 1.54) is 11.1 Å². The van der Waals surface area contributed by atoms with Crippen LogP contribution in [0.4, 0.5) is 0 Å². The smallest absolute Gasteiger partial charge is 0.334 e. The van der Waals surface area contributed by atoms with Crippen molar-refractivity contribution in [3.05, 3.63) is 35.5 Å². The molecule has 1 aliphatic carbocycles. The number of allylic oxidation sites excluding steroid dienone is 3. The molecule has 2 fully saturated rings. The zero-order valence-electron chi connectivity index (χ0n) is 14.6. The molecule has 0 radical (unpaired) electrons. The van der Waals surface area contributed by atoms with Crippen LogP contribution in [0.15, 0.2) is 35.5 Å². The highest BCUT2D eigenvalue weighted by molar-refractivity contribution is 5.91. The fourth-order valence-corrected chi connectivity index (χ4v) is 3.81. The summed E-state index contributed by atoms with van der Waals surface area (Å²) in [5.74, 6) is -0.112. The minimum atomic E-state index is -0.229. The first-order valence-corrected chi connectivity index (χ1v) is 8.79. The zero-order valence-corrected chi connectivity index (χ0v) is 14.6. The molecule has 0 N–H and O–H groups in total. The Bertz CT molecular complexity index is 571. The van der Waals surface area contributed by atoms with Crippen LogP contribution in [0.5, 0.6) is 0 Å². The molecule has 0 bridgehead atoms. The molecule has 3 aliphatic rings. The molecule has 3 heteroatoms. The van der Waals surface area contributed by atoms with E-state index in [9.17, 15) is 4.79 Å². The third-order valence-corrected chi connectivity index (χ3v) is 5.62. The van der Waals surface area contributed by atoms with Gasteiger partial charge in [0.25, 0.3) is 0 Å². The topological polar surface area (TPSA) is 38.8 Å². The summed E-state index contributed by atoms with van der Waals surface area (Å²) in [7, 11) is 0. The van der Waals surface area contributed by atoms with E-state index in [4.69, 9.17) is 9.47 Å². The van der Waals surface area contributed by atoms with Gasteiger partial charge in [-0.05, 0) is 65.4 Å². The van der Waals surface area contributed by atoms with E-state index in [-0.39, 0.29) is 23.6 Å². The molecule has 0 aromatic heterocycles. The first-order valence-electron chi connectivity index (χ1n) is 8.79. The van der Waals surface area contributed by atoms with E-state index >= 15 is 0 Å². The number of epoxide rings is 1. The minimum absolute atomic E-state index is 0.0673. The molecule has 1 unspecified atom stereocenters. The highest BCUT2D eigenvalue weighted by Gasteiger charge is 2.50. The quantitative estimate of drug-likeness (QED) is 0.286. The zero-order chi connectivity index (χ0) is 16.6. The number of hydrogen-bond donors (Lipinski definition) is 0. The summed E-state index contributed by atoms with van der Waals surface area (Å²) in [6, 6.07) is 0. The average Bonchev–Trinajstić information content (AvgIpc) is 3.06. The van der Waals surface area contributed by atoms with Crippen molar-refractivity contribution in [2.45, 2.75) is 77.1 Å². The van der Waals surface area contributed by atoms with Crippen LogP contribution in [0.2, 0.25) is 0 Å². The number of carbonyl (C=O) groups is 1. The van der Waals surface area contributed by atoms with Crippen molar-refractivity contribution in [1.29, 1.82) is 0 Å². The Morgan fingerprint density at radius 2 is 1.96 bits per heavy atom. The number of carbonyl (C=O) groups excluding carboxylic acids is 1. The van der Waals surface area contributed by atoms with Crippen molar-refractivity contribution >= 4 is 5.97 Å². The molecule has 4 atom stereocenters. The van der Waals surface area contributed by atoms with E-state index in [1.807, 2.05) is 0 Å². The Morgan fingerprint density at radius 1 is 1.22 bits per heavy atom. The van der Waals surface area contributed by atoms with Gasteiger partial charge in [-0.2, -0.15) is 0 Å². The number of esters is 1. The van der Waals surface area contributed by atoms with Crippen LogP contribution >= 0.6 is 0 Å². The molecule has 3 nitrogen and oxygen atoms in total. The predicted molar refractivity (Wildman–Crippen MR) is 91.0 cm³/mol. The monoisotopic (exact) mass is 316 g/mol. The molecule has 0 spiro atoms. The number of hydrogen-bond acceptors (Lipinski definition) is 3. The summed E-state index contributed by atoms with van der Waals surface area (Å²) < 4.78 is 11.5. The van der Waals surface area contributed by atoms with Crippen molar-refractivity contribution in [3.8, 4) is 0 Å². The third-order valence-electron chi connectivity index (χ3n) is 5.62. The van der Waals surface area contributed by atoms with Crippen molar-refractivity contribution in [2.75, 3.05) is 0 Å². The van der Waals surface area contributed by atoms with Gasteiger partial charge in [-0.25, -0.2) is 4.79 Å². The van der Waals surface area contributed by atoms with E-state index in [1.54, 1.807) is 0 Å². The predicted octanol–water partition coefficient (Wildman–Crippen LogP) is 4.49. The first-order chi connectivity index (χ1) is 10.9. The summed E-state index contributed by atoms with van der Waals surface area (Å²) in [6.07, 6.45) is 10.8. The van der Waals surface area contributed by atoms with E-state index < -0.39 is 0 Å². The van der Waals surface area contributed by atoms with Gasteiger partial charge in [0.15, 0.2) is 0 Å². The lowest BCUT2D eigenvalue weighted by Gasteiger charge is -2.16. The van der Waals surface area contributed by atoms with Gasteiger partial charge in [0.2, 0.25) is 0 Å². The normalized spacial score (nSPS) is 43.2. The molecule has 0 saturated carbocycles. The largest absolute Gasteiger partial charge is 0.454 e. The number of ether oxygens (including phenoxy) is 2. The molecule has 0 aromatic carbocycles. The first kappa shape index (κ1) is 16.5. The van der Waals surface area contributed by atoms with E-state index in [2.05, 4.69) is 39.5 Å². The second-order valence-corrected chi connectivity index (χ2v) is 7.60. The van der Waals surface area contributed by atoms with Crippen molar-refractivity contribution < 1.29 is 14.3 Å². The van der Waals surface area contributed by atoms with E-state index in [0.29, 0.717) is 11.7 Å². The molecular weight excluding hydrogens is 288 g/mol. The van der Waals surface area contributed by atoms with Crippen molar-refractivity contribution in [3.63, 3.8) is 0 Å². The van der Waals surface area contributed by atoms with Gasteiger partial charge in [0, 0.05) is 11.5 Å². The summed E-state index contributed by atoms with van der Waals surface area (Å²) in [5, 5.41) is 0. The van der Waals surface area contributed by atoms with Crippen LogP contribution in [-0.4, -0.2) is 23.8 Å². The Labute approximate surface area is 139 Å².